The van der Waals surface area contributed by atoms with Crippen LogP contribution in [0.5, 0.6) is 0 Å². The number of aromatic nitrogens is 1. The Morgan fingerprint density at radius 1 is 1.00 bits per heavy atom. The van der Waals surface area contributed by atoms with Crippen molar-refractivity contribution >= 4 is 11.1 Å². The van der Waals surface area contributed by atoms with E-state index in [1.165, 1.54) is 5.56 Å². The van der Waals surface area contributed by atoms with Crippen molar-refractivity contribution in [2.45, 2.75) is 6.42 Å². The summed E-state index contributed by atoms with van der Waals surface area (Å²) in [6, 6.07) is 16.0. The lowest BCUT2D eigenvalue weighted by molar-refractivity contribution is 0.555. The Morgan fingerprint density at radius 2 is 1.82 bits per heavy atom. The summed E-state index contributed by atoms with van der Waals surface area (Å²) in [5.74, 6) is -0.406. The van der Waals surface area contributed by atoms with Gasteiger partial charge in [-0.25, -0.2) is 4.79 Å². The van der Waals surface area contributed by atoms with Gasteiger partial charge in [-0.2, -0.15) is 0 Å². The maximum Gasteiger partial charge on any atom is 0.417 e. The van der Waals surface area contributed by atoms with E-state index in [0.717, 1.165) is 17.5 Å². The molecule has 0 amide bonds. The van der Waals surface area contributed by atoms with Crippen LogP contribution in [0.1, 0.15) is 11.1 Å². The molecule has 0 saturated heterocycles. The van der Waals surface area contributed by atoms with Gasteiger partial charge in [0, 0.05) is 0 Å². The van der Waals surface area contributed by atoms with Crippen LogP contribution in [0.2, 0.25) is 0 Å². The molecule has 3 rings (SSSR count). The molecule has 84 valence electrons. The number of fused-ring (bicyclic) bond motifs is 1. The summed E-state index contributed by atoms with van der Waals surface area (Å²) in [4.78, 5) is 13.7. The summed E-state index contributed by atoms with van der Waals surface area (Å²) in [5.41, 5.74) is 3.73. The van der Waals surface area contributed by atoms with Crippen LogP contribution in [0.4, 0.5) is 0 Å². The molecular weight excluding hydrogens is 214 g/mol. The van der Waals surface area contributed by atoms with Gasteiger partial charge >= 0.3 is 5.76 Å². The fraction of sp³-hybridized carbons (Fsp3) is 0.0714. The first-order chi connectivity index (χ1) is 8.31. The number of rotatable bonds is 2. The third-order valence-electron chi connectivity index (χ3n) is 2.74. The molecule has 0 spiro atoms. The fourth-order valence-electron chi connectivity index (χ4n) is 1.93. The molecule has 0 atom stereocenters. The summed E-state index contributed by atoms with van der Waals surface area (Å²) >= 11 is 0. The second kappa shape index (κ2) is 3.94. The fourth-order valence-corrected chi connectivity index (χ4v) is 1.93. The molecule has 3 aromatic rings. The van der Waals surface area contributed by atoms with Crippen molar-refractivity contribution in [3.05, 3.63) is 70.2 Å². The molecule has 0 aliphatic carbocycles. The van der Waals surface area contributed by atoms with Gasteiger partial charge in [0.25, 0.3) is 0 Å². The third kappa shape index (κ3) is 1.99. The van der Waals surface area contributed by atoms with E-state index < -0.39 is 5.76 Å². The molecule has 0 saturated carbocycles. The molecular formula is C14H11NO2. The largest absolute Gasteiger partial charge is 0.417 e. The quantitative estimate of drug-likeness (QED) is 0.728. The minimum Gasteiger partial charge on any atom is -0.408 e. The molecule has 1 N–H and O–H groups in total. The summed E-state index contributed by atoms with van der Waals surface area (Å²) < 4.78 is 5.04. The Hall–Kier alpha value is -2.29. The SMILES string of the molecule is O=c1[nH]c2ccc(Cc3ccccc3)cc2o1. The lowest BCUT2D eigenvalue weighted by atomic mass is 10.1. The lowest BCUT2D eigenvalue weighted by Crippen LogP contribution is -1.92. The van der Waals surface area contributed by atoms with Crippen LogP contribution in [0, 0.1) is 0 Å². The van der Waals surface area contributed by atoms with E-state index in [1.807, 2.05) is 36.4 Å². The highest BCUT2D eigenvalue weighted by molar-refractivity contribution is 5.72. The molecule has 0 bridgehead atoms. The molecule has 3 heteroatoms. The van der Waals surface area contributed by atoms with Gasteiger partial charge in [0.1, 0.15) is 0 Å². The maximum atomic E-state index is 11.0. The van der Waals surface area contributed by atoms with Crippen molar-refractivity contribution in [3.63, 3.8) is 0 Å². The summed E-state index contributed by atoms with van der Waals surface area (Å²) in [5, 5.41) is 0. The Bertz CT molecular complexity index is 695. The van der Waals surface area contributed by atoms with Gasteiger partial charge in [-0.15, -0.1) is 0 Å². The number of hydrogen-bond donors (Lipinski definition) is 1. The van der Waals surface area contributed by atoms with E-state index in [0.29, 0.717) is 5.58 Å². The smallest absolute Gasteiger partial charge is 0.408 e. The van der Waals surface area contributed by atoms with Crippen LogP contribution in [-0.4, -0.2) is 4.98 Å². The highest BCUT2D eigenvalue weighted by Crippen LogP contribution is 2.15. The highest BCUT2D eigenvalue weighted by atomic mass is 16.4. The van der Waals surface area contributed by atoms with Crippen LogP contribution in [0.15, 0.2) is 57.7 Å². The number of hydrogen-bond acceptors (Lipinski definition) is 2. The van der Waals surface area contributed by atoms with E-state index in [9.17, 15) is 4.79 Å². The van der Waals surface area contributed by atoms with Crippen molar-refractivity contribution in [1.29, 1.82) is 0 Å². The summed E-state index contributed by atoms with van der Waals surface area (Å²) in [6.45, 7) is 0. The molecule has 1 aromatic heterocycles. The minimum atomic E-state index is -0.406. The average molecular weight is 225 g/mol. The molecule has 17 heavy (non-hydrogen) atoms. The first-order valence-corrected chi connectivity index (χ1v) is 5.47. The molecule has 0 radical (unpaired) electrons. The Kier molecular flexibility index (Phi) is 2.29. The molecule has 3 nitrogen and oxygen atoms in total. The lowest BCUT2D eigenvalue weighted by Gasteiger charge is -2.00. The predicted molar refractivity (Wildman–Crippen MR) is 66.1 cm³/mol. The van der Waals surface area contributed by atoms with Crippen molar-refractivity contribution in [3.8, 4) is 0 Å². The molecule has 1 heterocycles. The molecule has 2 aromatic carbocycles. The number of benzene rings is 2. The van der Waals surface area contributed by atoms with Crippen molar-refractivity contribution in [2.24, 2.45) is 0 Å². The second-order valence-electron chi connectivity index (χ2n) is 4.01. The van der Waals surface area contributed by atoms with Crippen molar-refractivity contribution in [2.75, 3.05) is 0 Å². The zero-order chi connectivity index (χ0) is 11.7. The van der Waals surface area contributed by atoms with Crippen LogP contribution < -0.4 is 5.76 Å². The molecule has 0 aliphatic heterocycles. The van der Waals surface area contributed by atoms with Gasteiger partial charge in [0.05, 0.1) is 5.52 Å². The zero-order valence-corrected chi connectivity index (χ0v) is 9.14. The monoisotopic (exact) mass is 225 g/mol. The van der Waals surface area contributed by atoms with Gasteiger partial charge < -0.3 is 4.42 Å². The average Bonchev–Trinajstić information content (AvgIpc) is 2.70. The van der Waals surface area contributed by atoms with Crippen LogP contribution in [-0.2, 0) is 6.42 Å². The van der Waals surface area contributed by atoms with Crippen LogP contribution in [0.25, 0.3) is 11.1 Å². The topological polar surface area (TPSA) is 46.0 Å². The van der Waals surface area contributed by atoms with E-state index >= 15 is 0 Å². The number of aromatic amines is 1. The van der Waals surface area contributed by atoms with Gasteiger partial charge in [0.15, 0.2) is 5.58 Å². The summed E-state index contributed by atoms with van der Waals surface area (Å²) in [6.07, 6.45) is 0.839. The zero-order valence-electron chi connectivity index (χ0n) is 9.14. The maximum absolute atomic E-state index is 11.0. The van der Waals surface area contributed by atoms with Gasteiger partial charge in [-0.05, 0) is 29.7 Å². The predicted octanol–water partition coefficient (Wildman–Crippen LogP) is 2.71. The van der Waals surface area contributed by atoms with Crippen LogP contribution in [0.3, 0.4) is 0 Å². The Morgan fingerprint density at radius 3 is 2.65 bits per heavy atom. The first-order valence-electron chi connectivity index (χ1n) is 5.47. The minimum absolute atomic E-state index is 0.406. The first kappa shape index (κ1) is 9.90. The van der Waals surface area contributed by atoms with Gasteiger partial charge in [-0.3, -0.25) is 4.98 Å². The second-order valence-corrected chi connectivity index (χ2v) is 4.01. The number of oxazole rings is 1. The van der Waals surface area contributed by atoms with E-state index in [4.69, 9.17) is 4.42 Å². The Labute approximate surface area is 97.7 Å². The molecule has 0 unspecified atom stereocenters. The molecule has 0 aliphatic rings. The third-order valence-corrected chi connectivity index (χ3v) is 2.74. The van der Waals surface area contributed by atoms with Crippen LogP contribution >= 0.6 is 0 Å². The Balaban J connectivity index is 1.98. The van der Waals surface area contributed by atoms with E-state index in [1.54, 1.807) is 0 Å². The highest BCUT2D eigenvalue weighted by Gasteiger charge is 2.02. The standard InChI is InChI=1S/C14H11NO2/c16-14-15-12-7-6-11(9-13(12)17-14)8-10-4-2-1-3-5-10/h1-7,9H,8H2,(H,15,16). The van der Waals surface area contributed by atoms with Crippen molar-refractivity contribution < 1.29 is 4.42 Å². The molecule has 0 fully saturated rings. The van der Waals surface area contributed by atoms with Gasteiger partial charge in [0.2, 0.25) is 0 Å². The van der Waals surface area contributed by atoms with Gasteiger partial charge in [-0.1, -0.05) is 36.4 Å². The number of nitrogens with one attached hydrogen (secondary N) is 1. The normalized spacial score (nSPS) is 10.8. The number of H-pyrrole nitrogens is 1. The van der Waals surface area contributed by atoms with E-state index in [-0.39, 0.29) is 0 Å². The summed E-state index contributed by atoms with van der Waals surface area (Å²) in [7, 11) is 0. The van der Waals surface area contributed by atoms with E-state index in [2.05, 4.69) is 17.1 Å². The van der Waals surface area contributed by atoms with Crippen molar-refractivity contribution in [1.82, 2.24) is 4.98 Å².